The van der Waals surface area contributed by atoms with Gasteiger partial charge in [-0.1, -0.05) is 42.5 Å². The van der Waals surface area contributed by atoms with E-state index in [9.17, 15) is 19.4 Å². The lowest BCUT2D eigenvalue weighted by Crippen LogP contribution is -2.67. The number of carbonyl (C=O) groups is 1. The zero-order chi connectivity index (χ0) is 30.8. The van der Waals surface area contributed by atoms with E-state index in [0.717, 1.165) is 11.1 Å². The summed E-state index contributed by atoms with van der Waals surface area (Å²) >= 11 is 0. The fraction of sp³-hybridized carbons (Fsp3) is 0.441. The number of piperidine rings is 1. The predicted octanol–water partition coefficient (Wildman–Crippen LogP) is 5.13. The van der Waals surface area contributed by atoms with E-state index in [4.69, 9.17) is 9.47 Å². The SMILES string of the molecule is CCOC(O)C(C)(C)Oc1ccc(N2C(=O)C3(CCN(C(O)NC(C)c4ccccc4)CC3)C2c2ccc(F)cc2)cc1. The Morgan fingerprint density at radius 2 is 1.63 bits per heavy atom. The topological polar surface area (TPSA) is 94.5 Å². The van der Waals surface area contributed by atoms with Crippen molar-refractivity contribution in [3.8, 4) is 5.75 Å². The van der Waals surface area contributed by atoms with Crippen LogP contribution in [0.3, 0.4) is 0 Å². The van der Waals surface area contributed by atoms with Crippen molar-refractivity contribution in [2.45, 2.75) is 70.9 Å². The van der Waals surface area contributed by atoms with Gasteiger partial charge >= 0.3 is 0 Å². The van der Waals surface area contributed by atoms with Gasteiger partial charge in [0.1, 0.15) is 11.6 Å². The number of nitrogens with one attached hydrogen (secondary N) is 1. The highest BCUT2D eigenvalue weighted by Crippen LogP contribution is 2.57. The van der Waals surface area contributed by atoms with Gasteiger partial charge < -0.3 is 24.6 Å². The number of halogens is 1. The van der Waals surface area contributed by atoms with Crippen molar-refractivity contribution < 1.29 is 28.9 Å². The minimum absolute atomic E-state index is 0.0161. The monoisotopic (exact) mass is 591 g/mol. The Balaban J connectivity index is 1.32. The van der Waals surface area contributed by atoms with Crippen molar-refractivity contribution in [2.24, 2.45) is 5.41 Å². The summed E-state index contributed by atoms with van der Waals surface area (Å²) < 4.78 is 25.2. The maximum atomic E-state index is 14.0. The number of ether oxygens (including phenoxy) is 2. The zero-order valence-corrected chi connectivity index (χ0v) is 25.2. The number of nitrogens with zero attached hydrogens (tertiary/aromatic N) is 2. The normalized spacial score (nSPS) is 20.9. The molecule has 43 heavy (non-hydrogen) atoms. The summed E-state index contributed by atoms with van der Waals surface area (Å²) in [4.78, 5) is 17.7. The van der Waals surface area contributed by atoms with Crippen LogP contribution in [-0.4, -0.2) is 59.0 Å². The van der Waals surface area contributed by atoms with Crippen molar-refractivity contribution >= 4 is 11.6 Å². The first kappa shape index (κ1) is 31.1. The van der Waals surface area contributed by atoms with Crippen molar-refractivity contribution in [3.63, 3.8) is 0 Å². The number of aliphatic hydroxyl groups excluding tert-OH is 2. The molecule has 3 aromatic rings. The number of likely N-dealkylation sites (tertiary alicyclic amines) is 1. The Hall–Kier alpha value is -3.34. The third-order valence-electron chi connectivity index (χ3n) is 8.76. The van der Waals surface area contributed by atoms with Crippen LogP contribution in [0.4, 0.5) is 10.1 Å². The first-order chi connectivity index (χ1) is 20.6. The maximum absolute atomic E-state index is 14.0. The summed E-state index contributed by atoms with van der Waals surface area (Å²) in [6, 6.07) is 23.2. The standard InChI is InChI=1S/C34H42FN3O5/c1-5-42-31(40)33(3,4)43-28-17-15-27(16-18-28)38-29(25-11-13-26(35)14-12-25)34(30(38)39)19-21-37(22-20-34)32(41)36-23(2)24-9-7-6-8-10-24/h6-18,23,29,31-32,36,40-41H,5,19-22H2,1-4H3. The molecule has 3 aromatic carbocycles. The van der Waals surface area contributed by atoms with E-state index in [0.29, 0.717) is 44.0 Å². The Morgan fingerprint density at radius 1 is 1.00 bits per heavy atom. The average Bonchev–Trinajstić information content (AvgIpc) is 3.01. The van der Waals surface area contributed by atoms with E-state index in [-0.39, 0.29) is 23.8 Å². The average molecular weight is 592 g/mol. The molecule has 0 aromatic heterocycles. The van der Waals surface area contributed by atoms with Crippen LogP contribution in [0.5, 0.6) is 5.75 Å². The summed E-state index contributed by atoms with van der Waals surface area (Å²) in [6.45, 7) is 8.74. The highest BCUT2D eigenvalue weighted by Gasteiger charge is 2.62. The Labute approximate surface area is 253 Å². The summed E-state index contributed by atoms with van der Waals surface area (Å²) in [5, 5.41) is 24.5. The van der Waals surface area contributed by atoms with Gasteiger partial charge in [-0.2, -0.15) is 0 Å². The van der Waals surface area contributed by atoms with Crippen LogP contribution in [0.15, 0.2) is 78.9 Å². The Morgan fingerprint density at radius 3 is 2.23 bits per heavy atom. The fourth-order valence-corrected chi connectivity index (χ4v) is 6.24. The molecule has 2 heterocycles. The Kier molecular flexibility index (Phi) is 9.20. The molecule has 2 aliphatic rings. The van der Waals surface area contributed by atoms with Gasteiger partial charge in [0.2, 0.25) is 5.91 Å². The number of hydrogen-bond donors (Lipinski definition) is 3. The van der Waals surface area contributed by atoms with E-state index < -0.39 is 23.7 Å². The third kappa shape index (κ3) is 6.32. The molecule has 4 atom stereocenters. The van der Waals surface area contributed by atoms with E-state index >= 15 is 0 Å². The third-order valence-corrected chi connectivity index (χ3v) is 8.76. The van der Waals surface area contributed by atoms with Crippen LogP contribution in [-0.2, 0) is 9.53 Å². The fourth-order valence-electron chi connectivity index (χ4n) is 6.24. The molecule has 1 amide bonds. The van der Waals surface area contributed by atoms with Crippen LogP contribution in [0.25, 0.3) is 0 Å². The molecular formula is C34H42FN3O5. The second-order valence-electron chi connectivity index (χ2n) is 12.0. The molecule has 9 heteroatoms. The van der Waals surface area contributed by atoms with Gasteiger partial charge in [0.25, 0.3) is 0 Å². The highest BCUT2D eigenvalue weighted by atomic mass is 19.1. The van der Waals surface area contributed by atoms with Crippen LogP contribution in [0.2, 0.25) is 0 Å². The minimum Gasteiger partial charge on any atom is -0.483 e. The van der Waals surface area contributed by atoms with Crippen LogP contribution in [0.1, 0.15) is 63.7 Å². The number of amides is 1. The number of rotatable bonds is 11. The van der Waals surface area contributed by atoms with Crippen molar-refractivity contribution in [3.05, 3.63) is 95.8 Å². The van der Waals surface area contributed by atoms with E-state index in [1.165, 1.54) is 12.1 Å². The van der Waals surface area contributed by atoms with E-state index in [1.807, 2.05) is 54.3 Å². The molecule has 0 radical (unpaired) electrons. The number of carbonyl (C=O) groups excluding carboxylic acids is 1. The molecule has 2 fully saturated rings. The van der Waals surface area contributed by atoms with Gasteiger partial charge in [-0.25, -0.2) is 4.39 Å². The lowest BCUT2D eigenvalue weighted by atomic mass is 9.62. The smallest absolute Gasteiger partial charge is 0.236 e. The number of aliphatic hydroxyl groups is 2. The molecule has 5 rings (SSSR count). The zero-order valence-electron chi connectivity index (χ0n) is 25.2. The summed E-state index contributed by atoms with van der Waals surface area (Å²) in [5.74, 6) is 0.223. The molecule has 0 aliphatic carbocycles. The molecule has 0 saturated carbocycles. The number of anilines is 1. The molecule has 230 valence electrons. The second-order valence-corrected chi connectivity index (χ2v) is 12.0. The maximum Gasteiger partial charge on any atom is 0.236 e. The molecule has 2 saturated heterocycles. The lowest BCUT2D eigenvalue weighted by molar-refractivity contribution is -0.186. The van der Waals surface area contributed by atoms with Gasteiger partial charge in [0.05, 0.1) is 11.5 Å². The minimum atomic E-state index is -1.10. The second kappa shape index (κ2) is 12.7. The van der Waals surface area contributed by atoms with Crippen LogP contribution in [0, 0.1) is 11.2 Å². The molecule has 8 nitrogen and oxygen atoms in total. The number of hydrogen-bond acceptors (Lipinski definition) is 7. The van der Waals surface area contributed by atoms with Gasteiger partial charge in [-0.15, -0.1) is 0 Å². The van der Waals surface area contributed by atoms with Gasteiger partial charge in [-0.05, 0) is 88.1 Å². The summed E-state index contributed by atoms with van der Waals surface area (Å²) in [5.41, 5.74) is 1.03. The van der Waals surface area contributed by atoms with E-state index in [1.54, 1.807) is 49.9 Å². The largest absolute Gasteiger partial charge is 0.483 e. The predicted molar refractivity (Wildman–Crippen MR) is 163 cm³/mol. The van der Waals surface area contributed by atoms with E-state index in [2.05, 4.69) is 5.32 Å². The molecular weight excluding hydrogens is 549 g/mol. The van der Waals surface area contributed by atoms with Crippen LogP contribution >= 0.6 is 0 Å². The number of benzene rings is 3. The highest BCUT2D eigenvalue weighted by molar-refractivity contribution is 6.06. The molecule has 4 unspecified atom stereocenters. The summed E-state index contributed by atoms with van der Waals surface area (Å²) in [6.07, 6.45) is -0.819. The van der Waals surface area contributed by atoms with Crippen molar-refractivity contribution in [1.29, 1.82) is 0 Å². The van der Waals surface area contributed by atoms with Crippen molar-refractivity contribution in [2.75, 3.05) is 24.6 Å². The quantitative estimate of drug-likeness (QED) is 0.210. The number of β-lactam (4-membered cyclic amide) rings is 1. The Bertz CT molecular complexity index is 1360. The summed E-state index contributed by atoms with van der Waals surface area (Å²) in [7, 11) is 0. The molecule has 0 bridgehead atoms. The molecule has 3 N–H and O–H groups in total. The first-order valence-electron chi connectivity index (χ1n) is 15.0. The van der Waals surface area contributed by atoms with Crippen LogP contribution < -0.4 is 15.0 Å². The molecule has 2 aliphatic heterocycles. The van der Waals surface area contributed by atoms with Gasteiger partial charge in [0.15, 0.2) is 18.2 Å². The molecule has 1 spiro atoms. The van der Waals surface area contributed by atoms with Crippen molar-refractivity contribution in [1.82, 2.24) is 10.2 Å². The first-order valence-corrected chi connectivity index (χ1v) is 15.0. The van der Waals surface area contributed by atoms with Gasteiger partial charge in [-0.3, -0.25) is 15.0 Å². The lowest BCUT2D eigenvalue weighted by Gasteiger charge is -2.59. The van der Waals surface area contributed by atoms with Gasteiger partial charge in [0, 0.05) is 31.4 Å².